The molecule has 3 nitrogen and oxygen atoms in total. The number of fused-ring (bicyclic) bond motifs is 3. The summed E-state index contributed by atoms with van der Waals surface area (Å²) in [4.78, 5) is 0. The maximum absolute atomic E-state index is 9.50. The van der Waals surface area contributed by atoms with Crippen molar-refractivity contribution in [2.75, 3.05) is 6.61 Å². The van der Waals surface area contributed by atoms with Crippen molar-refractivity contribution in [1.82, 2.24) is 0 Å². The van der Waals surface area contributed by atoms with Gasteiger partial charge in [-0.05, 0) is 42.4 Å². The Bertz CT molecular complexity index is 490. The Morgan fingerprint density at radius 1 is 1.47 bits per heavy atom. The van der Waals surface area contributed by atoms with Crippen LogP contribution in [0.15, 0.2) is 12.1 Å². The molecule has 3 heteroatoms. The van der Waals surface area contributed by atoms with E-state index < -0.39 is 6.10 Å². The Kier molecular flexibility index (Phi) is 2.53. The summed E-state index contributed by atoms with van der Waals surface area (Å²) in [5.74, 6) is 1.33. The van der Waals surface area contributed by atoms with Gasteiger partial charge in [-0.3, -0.25) is 0 Å². The second-order valence-corrected chi connectivity index (χ2v) is 4.83. The molecule has 0 saturated heterocycles. The molecule has 0 unspecified atom stereocenters. The Labute approximate surface area is 101 Å². The van der Waals surface area contributed by atoms with E-state index >= 15 is 0 Å². The molecule has 1 heterocycles. The highest BCUT2D eigenvalue weighted by Gasteiger charge is 2.30. The number of aliphatic hydroxyl groups excluding tert-OH is 1. The summed E-state index contributed by atoms with van der Waals surface area (Å²) in [6.07, 6.45) is 2.79. The summed E-state index contributed by atoms with van der Waals surface area (Å²) < 4.78 is 5.58. The van der Waals surface area contributed by atoms with Gasteiger partial charge in [0.2, 0.25) is 0 Å². The zero-order chi connectivity index (χ0) is 11.8. The standard InChI is InChI=1S/C14H15NO2/c15-8-11(16)7-10-2-1-9-3-4-13-12(14(9)10)5-6-17-13/h3-4,10-11,16H,1-2,5-7H2/t10-,11-/m0/s1. The lowest BCUT2D eigenvalue weighted by molar-refractivity contribution is 0.208. The van der Waals surface area contributed by atoms with Crippen molar-refractivity contribution in [3.8, 4) is 11.8 Å². The summed E-state index contributed by atoms with van der Waals surface area (Å²) in [7, 11) is 0. The highest BCUT2D eigenvalue weighted by atomic mass is 16.5. The van der Waals surface area contributed by atoms with Gasteiger partial charge in [0.1, 0.15) is 11.9 Å². The van der Waals surface area contributed by atoms with E-state index in [1.54, 1.807) is 0 Å². The number of hydrogen-bond acceptors (Lipinski definition) is 3. The van der Waals surface area contributed by atoms with E-state index in [0.717, 1.165) is 31.6 Å². The van der Waals surface area contributed by atoms with Crippen LogP contribution in [0.1, 0.15) is 35.4 Å². The van der Waals surface area contributed by atoms with Crippen molar-refractivity contribution in [2.24, 2.45) is 0 Å². The molecule has 0 fully saturated rings. The molecule has 2 aliphatic rings. The zero-order valence-corrected chi connectivity index (χ0v) is 9.65. The van der Waals surface area contributed by atoms with Crippen LogP contribution in [-0.2, 0) is 12.8 Å². The van der Waals surface area contributed by atoms with Gasteiger partial charge in [0.15, 0.2) is 0 Å². The molecule has 0 radical (unpaired) electrons. The van der Waals surface area contributed by atoms with Gasteiger partial charge in [-0.2, -0.15) is 5.26 Å². The first-order valence-electron chi connectivity index (χ1n) is 6.14. The number of ether oxygens (including phenoxy) is 1. The summed E-state index contributed by atoms with van der Waals surface area (Å²) >= 11 is 0. The van der Waals surface area contributed by atoms with Crippen molar-refractivity contribution in [3.05, 3.63) is 28.8 Å². The Morgan fingerprint density at radius 2 is 2.35 bits per heavy atom. The van der Waals surface area contributed by atoms with Crippen LogP contribution in [-0.4, -0.2) is 17.8 Å². The van der Waals surface area contributed by atoms with Gasteiger partial charge in [-0.1, -0.05) is 6.07 Å². The molecule has 88 valence electrons. The van der Waals surface area contributed by atoms with Crippen molar-refractivity contribution >= 4 is 0 Å². The predicted molar refractivity (Wildman–Crippen MR) is 62.9 cm³/mol. The lowest BCUT2D eigenvalue weighted by Gasteiger charge is -2.15. The third kappa shape index (κ3) is 1.69. The molecule has 2 atom stereocenters. The van der Waals surface area contributed by atoms with Gasteiger partial charge >= 0.3 is 0 Å². The molecule has 1 aliphatic carbocycles. The predicted octanol–water partition coefficient (Wildman–Crippen LogP) is 1.93. The van der Waals surface area contributed by atoms with Crippen molar-refractivity contribution in [1.29, 1.82) is 5.26 Å². The minimum Gasteiger partial charge on any atom is -0.493 e. The molecule has 0 aromatic heterocycles. The fraction of sp³-hybridized carbons (Fsp3) is 0.500. The Balaban J connectivity index is 1.96. The molecular formula is C14H15NO2. The number of nitriles is 1. The maximum atomic E-state index is 9.50. The summed E-state index contributed by atoms with van der Waals surface area (Å²) in [5.41, 5.74) is 4.05. The number of nitrogens with zero attached hydrogens (tertiary/aromatic N) is 1. The topological polar surface area (TPSA) is 53.2 Å². The van der Waals surface area contributed by atoms with E-state index in [1.165, 1.54) is 16.7 Å². The lowest BCUT2D eigenvalue weighted by Crippen LogP contribution is -2.09. The van der Waals surface area contributed by atoms with Crippen LogP contribution in [0.2, 0.25) is 0 Å². The van der Waals surface area contributed by atoms with E-state index in [4.69, 9.17) is 10.00 Å². The molecule has 1 aromatic rings. The third-order valence-corrected chi connectivity index (χ3v) is 3.84. The second kappa shape index (κ2) is 4.05. The molecule has 1 aliphatic heterocycles. The fourth-order valence-electron chi connectivity index (χ4n) is 3.11. The lowest BCUT2D eigenvalue weighted by atomic mass is 9.90. The summed E-state index contributed by atoms with van der Waals surface area (Å²) in [5, 5.41) is 18.2. The van der Waals surface area contributed by atoms with Crippen molar-refractivity contribution in [3.63, 3.8) is 0 Å². The SMILES string of the molecule is N#C[C@@H](O)C[C@@H]1CCc2ccc3c(c21)CCO3. The van der Waals surface area contributed by atoms with Crippen LogP contribution in [0.5, 0.6) is 5.75 Å². The zero-order valence-electron chi connectivity index (χ0n) is 9.65. The van der Waals surface area contributed by atoms with E-state index in [9.17, 15) is 5.11 Å². The van der Waals surface area contributed by atoms with Gasteiger partial charge in [0.25, 0.3) is 0 Å². The summed E-state index contributed by atoms with van der Waals surface area (Å²) in [6, 6.07) is 6.11. The minimum absolute atomic E-state index is 0.330. The van der Waals surface area contributed by atoms with Crippen LogP contribution in [0.4, 0.5) is 0 Å². The quantitative estimate of drug-likeness (QED) is 0.788. The molecule has 1 N–H and O–H groups in total. The second-order valence-electron chi connectivity index (χ2n) is 4.83. The average molecular weight is 229 g/mol. The third-order valence-electron chi connectivity index (χ3n) is 3.84. The van der Waals surface area contributed by atoms with E-state index in [1.807, 2.05) is 6.07 Å². The number of hydrogen-bond donors (Lipinski definition) is 1. The maximum Gasteiger partial charge on any atom is 0.141 e. The first-order chi connectivity index (χ1) is 8.29. The van der Waals surface area contributed by atoms with Crippen LogP contribution in [0.25, 0.3) is 0 Å². The van der Waals surface area contributed by atoms with Gasteiger partial charge in [0, 0.05) is 12.0 Å². The first kappa shape index (κ1) is 10.6. The number of rotatable bonds is 2. The van der Waals surface area contributed by atoms with Crippen LogP contribution < -0.4 is 4.74 Å². The first-order valence-corrected chi connectivity index (χ1v) is 6.14. The van der Waals surface area contributed by atoms with Crippen molar-refractivity contribution in [2.45, 2.75) is 37.7 Å². The minimum atomic E-state index is -0.843. The summed E-state index contributed by atoms with van der Waals surface area (Å²) in [6.45, 7) is 0.763. The molecule has 0 bridgehead atoms. The monoisotopic (exact) mass is 229 g/mol. The van der Waals surface area contributed by atoms with Gasteiger partial charge in [0.05, 0.1) is 12.7 Å². The van der Waals surface area contributed by atoms with Crippen LogP contribution in [0.3, 0.4) is 0 Å². The highest BCUT2D eigenvalue weighted by molar-refractivity contribution is 5.51. The van der Waals surface area contributed by atoms with Crippen LogP contribution >= 0.6 is 0 Å². The van der Waals surface area contributed by atoms with E-state index in [2.05, 4.69) is 12.1 Å². The van der Waals surface area contributed by atoms with Crippen molar-refractivity contribution < 1.29 is 9.84 Å². The van der Waals surface area contributed by atoms with Gasteiger partial charge in [-0.25, -0.2) is 0 Å². The largest absolute Gasteiger partial charge is 0.493 e. The molecular weight excluding hydrogens is 214 g/mol. The van der Waals surface area contributed by atoms with Crippen LogP contribution in [0, 0.1) is 11.3 Å². The molecule has 17 heavy (non-hydrogen) atoms. The van der Waals surface area contributed by atoms with E-state index in [0.29, 0.717) is 12.3 Å². The van der Waals surface area contributed by atoms with E-state index in [-0.39, 0.29) is 0 Å². The number of benzene rings is 1. The number of aryl methyl sites for hydroxylation is 1. The molecule has 0 saturated carbocycles. The average Bonchev–Trinajstić information content (AvgIpc) is 2.94. The molecule has 3 rings (SSSR count). The smallest absolute Gasteiger partial charge is 0.141 e. The Morgan fingerprint density at radius 3 is 3.18 bits per heavy atom. The van der Waals surface area contributed by atoms with Gasteiger partial charge in [-0.15, -0.1) is 0 Å². The molecule has 1 aromatic carbocycles. The Hall–Kier alpha value is -1.53. The van der Waals surface area contributed by atoms with Gasteiger partial charge < -0.3 is 9.84 Å². The highest BCUT2D eigenvalue weighted by Crippen LogP contribution is 2.43. The molecule has 0 amide bonds. The normalized spacial score (nSPS) is 22.5. The molecule has 0 spiro atoms. The number of aliphatic hydroxyl groups is 1. The fourth-order valence-corrected chi connectivity index (χ4v) is 3.11.